The van der Waals surface area contributed by atoms with Crippen LogP contribution >= 0.6 is 0 Å². The second-order valence-corrected chi connectivity index (χ2v) is 20.6. The van der Waals surface area contributed by atoms with Crippen molar-refractivity contribution in [1.82, 2.24) is 30.2 Å². The van der Waals surface area contributed by atoms with Crippen LogP contribution in [0.2, 0.25) is 0 Å². The van der Waals surface area contributed by atoms with Crippen LogP contribution in [-0.2, 0) is 35.1 Å². The number of amides is 4. The lowest BCUT2D eigenvalue weighted by Crippen LogP contribution is -2.61. The summed E-state index contributed by atoms with van der Waals surface area (Å²) in [5.74, 6) is -11.3. The van der Waals surface area contributed by atoms with Gasteiger partial charge in [0.05, 0.1) is 28.2 Å². The number of aromatic nitrogens is 2. The Bertz CT molecular complexity index is 2230. The van der Waals surface area contributed by atoms with Crippen LogP contribution in [0.5, 0.6) is 11.6 Å². The summed E-state index contributed by atoms with van der Waals surface area (Å²) in [4.78, 5) is 65.9. The van der Waals surface area contributed by atoms with Gasteiger partial charge in [-0.1, -0.05) is 34.1 Å². The largest absolute Gasteiger partial charge is 0.471 e. The fourth-order valence-electron chi connectivity index (χ4n) is 8.48. The third kappa shape index (κ3) is 8.93. The summed E-state index contributed by atoms with van der Waals surface area (Å²) in [5, 5.41) is 4.96. The molecule has 7 rings (SSSR count). The van der Waals surface area contributed by atoms with E-state index in [1.54, 1.807) is 27.7 Å². The number of hydrogen-bond acceptors (Lipinski definition) is 11. The van der Waals surface area contributed by atoms with Crippen LogP contribution in [0.4, 0.5) is 31.1 Å². The molecule has 1 aromatic heterocycles. The molecular weight excluding hydrogens is 855 g/mol. The molecule has 2 aromatic rings. The minimum Gasteiger partial charge on any atom is -0.471 e. The van der Waals surface area contributed by atoms with Crippen molar-refractivity contribution in [2.75, 3.05) is 6.54 Å². The van der Waals surface area contributed by atoms with Crippen LogP contribution in [0.25, 0.3) is 11.0 Å². The van der Waals surface area contributed by atoms with Gasteiger partial charge in [0.1, 0.15) is 35.6 Å². The molecule has 5 aliphatic rings. The normalized spacial score (nSPS) is 30.8. The second kappa shape index (κ2) is 16.2. The zero-order valence-electron chi connectivity index (χ0n) is 34.7. The molecule has 22 heteroatoms. The van der Waals surface area contributed by atoms with Gasteiger partial charge in [-0.25, -0.2) is 32.0 Å². The van der Waals surface area contributed by atoms with Crippen molar-refractivity contribution in [2.24, 2.45) is 23.2 Å². The van der Waals surface area contributed by atoms with E-state index in [4.69, 9.17) is 9.47 Å². The molecule has 0 spiro atoms. The fourth-order valence-corrected chi connectivity index (χ4v) is 9.79. The van der Waals surface area contributed by atoms with Gasteiger partial charge in [0.15, 0.2) is 5.69 Å². The highest BCUT2D eigenvalue weighted by Crippen LogP contribution is 2.50. The van der Waals surface area contributed by atoms with Crippen molar-refractivity contribution in [3.8, 4) is 11.6 Å². The number of alkyl halides is 6. The smallest absolute Gasteiger partial charge is 0.408 e. The van der Waals surface area contributed by atoms with Gasteiger partial charge in [-0.15, -0.1) is 0 Å². The van der Waals surface area contributed by atoms with Crippen LogP contribution in [-0.4, -0.2) is 101 Å². The number of carbonyl (C=O) groups is 4. The summed E-state index contributed by atoms with van der Waals surface area (Å²) >= 11 is 0. The van der Waals surface area contributed by atoms with E-state index < -0.39 is 136 Å². The van der Waals surface area contributed by atoms with E-state index in [0.29, 0.717) is 19.3 Å². The molecule has 62 heavy (non-hydrogen) atoms. The van der Waals surface area contributed by atoms with Gasteiger partial charge in [-0.2, -0.15) is 17.6 Å². The van der Waals surface area contributed by atoms with Gasteiger partial charge in [0.25, 0.3) is 11.8 Å². The maximum atomic E-state index is 16.3. The summed E-state index contributed by atoms with van der Waals surface area (Å²) in [6.45, 7) is 4.07. The summed E-state index contributed by atoms with van der Waals surface area (Å²) in [7, 11) is -4.36. The highest BCUT2D eigenvalue weighted by molar-refractivity contribution is 7.91. The Balaban J connectivity index is 1.30. The molecule has 1 unspecified atom stereocenters. The number of halogens is 6. The number of carbonyl (C=O) groups excluding carboxylic acids is 4. The average Bonchev–Trinajstić information content (AvgIpc) is 4.12. The SMILES string of the molecule is CC[C@@H]1[C@@H]2CN(C(=O)[C@H](C(C)(C)C)NC(=O)O[C@@H]3C[C@H]3CCCCC(F)(F)c3nc4ccc(OC(F)F)cc4nc3O2)[C@@H]1C(=O)N[C@]1(C(=O)NS(=O)(=O)C2(C)CC2)CC1C(F)F. The monoisotopic (exact) mass is 904 g/mol. The van der Waals surface area contributed by atoms with Gasteiger partial charge in [-0.3, -0.25) is 19.1 Å². The standard InChI is InChI=1S/C40H50F6N6O9S/c1-6-21-26-18-52(27(21)31(53)50-39(17-22(39)30(41)42)34(55)51-62(57,58)38(5)13-14-38)33(54)29(37(2,3)4)49-36(56)61-25-15-19(25)9-7-8-12-40(45,46)28-32(60-26)48-24-16-20(59-35(43)44)10-11-23(24)47-28/h10-11,16,19,21-22,25-27,29-30,35H,6-9,12-15,17-18H2,1-5H3,(H,49,56)(H,50,53)(H,51,55)/t19-,21-,22?,25-,26+,27+,29-,39-/m1/s1. The first-order chi connectivity index (χ1) is 28.9. The van der Waals surface area contributed by atoms with Gasteiger partial charge in [0, 0.05) is 18.4 Å². The number of fused-ring (bicyclic) bond motifs is 5. The number of benzene rings is 1. The van der Waals surface area contributed by atoms with E-state index >= 15 is 8.78 Å². The van der Waals surface area contributed by atoms with Crippen molar-refractivity contribution in [1.29, 1.82) is 0 Å². The Hall–Kier alpha value is -4.63. The Kier molecular flexibility index (Phi) is 11.8. The number of nitrogens with zero attached hydrogens (tertiary/aromatic N) is 3. The molecule has 4 amide bonds. The minimum absolute atomic E-state index is 0.00978. The molecule has 2 aliphatic heterocycles. The van der Waals surface area contributed by atoms with Crippen molar-refractivity contribution < 1.29 is 68.1 Å². The molecule has 3 N–H and O–H groups in total. The van der Waals surface area contributed by atoms with E-state index in [-0.39, 0.29) is 48.4 Å². The van der Waals surface area contributed by atoms with E-state index in [0.717, 1.165) is 17.0 Å². The molecular formula is C40H50F6N6O9S. The lowest BCUT2D eigenvalue weighted by Gasteiger charge is -2.36. The summed E-state index contributed by atoms with van der Waals surface area (Å²) in [6, 6.07) is 0.252. The first kappa shape index (κ1) is 45.4. The third-order valence-electron chi connectivity index (χ3n) is 12.8. The highest BCUT2D eigenvalue weighted by Gasteiger charge is 2.68. The molecule has 3 saturated carbocycles. The molecule has 3 heterocycles. The maximum absolute atomic E-state index is 16.3. The van der Waals surface area contributed by atoms with E-state index in [1.807, 2.05) is 4.72 Å². The number of hydrogen-bond donors (Lipinski definition) is 3. The van der Waals surface area contributed by atoms with Crippen molar-refractivity contribution >= 4 is 44.9 Å². The predicted molar refractivity (Wildman–Crippen MR) is 207 cm³/mol. The van der Waals surface area contributed by atoms with Crippen molar-refractivity contribution in [3.05, 3.63) is 23.9 Å². The topological polar surface area (TPSA) is 195 Å². The number of alkyl carbamates (subject to hydrolysis) is 1. The molecule has 4 fully saturated rings. The highest BCUT2D eigenvalue weighted by atomic mass is 32.2. The predicted octanol–water partition coefficient (Wildman–Crippen LogP) is 5.55. The number of nitrogens with one attached hydrogen (secondary N) is 3. The first-order valence-corrected chi connectivity index (χ1v) is 22.1. The summed E-state index contributed by atoms with van der Waals surface area (Å²) in [6.07, 6.45) is -5.74. The summed E-state index contributed by atoms with van der Waals surface area (Å²) in [5.41, 5.74) is -4.65. The third-order valence-corrected chi connectivity index (χ3v) is 14.9. The molecule has 8 atom stereocenters. The van der Waals surface area contributed by atoms with Crippen LogP contribution in [0.15, 0.2) is 18.2 Å². The molecule has 15 nitrogen and oxygen atoms in total. The molecule has 1 saturated heterocycles. The Morgan fingerprint density at radius 3 is 2.35 bits per heavy atom. The number of rotatable bonds is 9. The Labute approximate surface area is 353 Å². The Morgan fingerprint density at radius 2 is 1.74 bits per heavy atom. The van der Waals surface area contributed by atoms with E-state index in [9.17, 15) is 45.2 Å². The first-order valence-electron chi connectivity index (χ1n) is 20.7. The van der Waals surface area contributed by atoms with E-state index in [2.05, 4.69) is 25.3 Å². The fraction of sp³-hybridized carbons (Fsp3) is 0.700. The van der Waals surface area contributed by atoms with Crippen molar-refractivity contribution in [3.63, 3.8) is 0 Å². The zero-order chi connectivity index (χ0) is 45.3. The number of ether oxygens (including phenoxy) is 3. The molecule has 0 radical (unpaired) electrons. The quantitative estimate of drug-likeness (QED) is 0.267. The van der Waals surface area contributed by atoms with Crippen LogP contribution < -0.4 is 24.8 Å². The second-order valence-electron chi connectivity index (χ2n) is 18.4. The van der Waals surface area contributed by atoms with Crippen LogP contribution in [0, 0.1) is 23.2 Å². The maximum Gasteiger partial charge on any atom is 0.408 e. The molecule has 342 valence electrons. The number of sulfonamides is 1. The Morgan fingerprint density at radius 1 is 1.03 bits per heavy atom. The van der Waals surface area contributed by atoms with Gasteiger partial charge in [-0.05, 0) is 75.3 Å². The van der Waals surface area contributed by atoms with Gasteiger partial charge >= 0.3 is 12.7 Å². The molecule has 2 bridgehead atoms. The van der Waals surface area contributed by atoms with Gasteiger partial charge in [0.2, 0.25) is 34.1 Å². The minimum atomic E-state index is -4.36. The molecule has 3 aliphatic carbocycles. The summed E-state index contributed by atoms with van der Waals surface area (Å²) < 4.78 is 131. The average molecular weight is 905 g/mol. The van der Waals surface area contributed by atoms with Gasteiger partial charge < -0.3 is 29.7 Å². The van der Waals surface area contributed by atoms with E-state index in [1.165, 1.54) is 13.0 Å². The van der Waals surface area contributed by atoms with Crippen molar-refractivity contribution in [2.45, 2.75) is 146 Å². The van der Waals surface area contributed by atoms with Crippen LogP contribution in [0.1, 0.15) is 98.1 Å². The zero-order valence-corrected chi connectivity index (χ0v) is 35.5. The molecule has 1 aromatic carbocycles. The lowest BCUT2D eigenvalue weighted by atomic mass is 9.85. The van der Waals surface area contributed by atoms with Crippen LogP contribution in [0.3, 0.4) is 0 Å². The lowest BCUT2D eigenvalue weighted by molar-refractivity contribution is -0.144.